The van der Waals surface area contributed by atoms with Crippen molar-refractivity contribution in [2.75, 3.05) is 5.32 Å². The Hall–Kier alpha value is -1.58. The molecule has 0 fully saturated rings. The molecular weight excluding hydrogens is 254 g/mol. The fourth-order valence-corrected chi connectivity index (χ4v) is 1.93. The Balaban J connectivity index is 2.06. The summed E-state index contributed by atoms with van der Waals surface area (Å²) in [5.74, 6) is -0.439. The number of nitrogens with one attached hydrogen (secondary N) is 1. The van der Waals surface area contributed by atoms with E-state index in [4.69, 9.17) is 13.0 Å². The molecule has 2 rings (SSSR count). The van der Waals surface area contributed by atoms with Crippen molar-refractivity contribution in [3.63, 3.8) is 0 Å². The highest BCUT2D eigenvalue weighted by atomic mass is 35.5. The van der Waals surface area contributed by atoms with Crippen molar-refractivity contribution in [3.05, 3.63) is 57.7 Å². The minimum atomic E-state index is -0.439. The Morgan fingerprint density at radius 1 is 1.35 bits per heavy atom. The molecule has 0 radical (unpaired) electrons. The Morgan fingerprint density at radius 2 is 2.12 bits per heavy atom. The molecule has 1 aromatic heterocycles. The van der Waals surface area contributed by atoms with Crippen LogP contribution in [0.1, 0.15) is 6.25 Å². The second-order valence-electron chi connectivity index (χ2n) is 3.27. The van der Waals surface area contributed by atoms with Crippen LogP contribution in [0.3, 0.4) is 0 Å². The summed E-state index contributed by atoms with van der Waals surface area (Å²) in [5, 5.41) is 5.14. The van der Waals surface area contributed by atoms with E-state index in [2.05, 4.69) is 5.32 Å². The molecule has 0 saturated carbocycles. The maximum absolute atomic E-state index is 11.7. The van der Waals surface area contributed by atoms with Gasteiger partial charge in [-0.3, -0.25) is 4.79 Å². The molecule has 1 N–H and O–H groups in total. The molecule has 0 aliphatic heterocycles. The highest BCUT2D eigenvalue weighted by molar-refractivity contribution is 7.10. The maximum atomic E-state index is 11.7. The summed E-state index contributed by atoms with van der Waals surface area (Å²) in [6.07, 6.45) is 1.54. The number of hydrogen-bond acceptors (Lipinski definition) is 2. The van der Waals surface area contributed by atoms with Gasteiger partial charge < -0.3 is 5.32 Å². The van der Waals surface area contributed by atoms with Crippen LogP contribution in [0.25, 0.3) is 6.08 Å². The number of halogens is 1. The smallest absolute Gasteiger partial charge is 0.248 e. The van der Waals surface area contributed by atoms with Gasteiger partial charge in [0.2, 0.25) is 5.91 Å². The summed E-state index contributed by atoms with van der Waals surface area (Å²) in [5.41, 5.74) is 0.619. The third-order valence-electron chi connectivity index (χ3n) is 1.99. The van der Waals surface area contributed by atoms with Gasteiger partial charge in [0.05, 0.1) is 1.37 Å². The van der Waals surface area contributed by atoms with Crippen LogP contribution in [-0.2, 0) is 4.79 Å². The predicted molar refractivity (Wildman–Crippen MR) is 73.4 cm³/mol. The first-order valence-electron chi connectivity index (χ1n) is 5.44. The lowest BCUT2D eigenvalue weighted by Gasteiger charge is -2.01. The van der Waals surface area contributed by atoms with Gasteiger partial charge in [-0.2, -0.15) is 0 Å². The van der Waals surface area contributed by atoms with Gasteiger partial charge in [0, 0.05) is 21.6 Å². The number of carbonyl (C=O) groups excluding carboxylic acids is 1. The average molecular weight is 265 g/mol. The maximum Gasteiger partial charge on any atom is 0.248 e. The molecule has 0 aliphatic carbocycles. The lowest BCUT2D eigenvalue weighted by molar-refractivity contribution is -0.111. The van der Waals surface area contributed by atoms with Crippen LogP contribution in [0, 0.1) is 0 Å². The van der Waals surface area contributed by atoms with Crippen LogP contribution in [0.15, 0.2) is 47.8 Å². The zero-order chi connectivity index (χ0) is 13.0. The number of anilines is 1. The molecule has 2 nitrogen and oxygen atoms in total. The molecule has 1 aromatic carbocycles. The van der Waals surface area contributed by atoms with Gasteiger partial charge in [-0.05, 0) is 41.8 Å². The first-order chi connectivity index (χ1) is 8.65. The molecule has 4 heteroatoms. The largest absolute Gasteiger partial charge is 0.323 e. The van der Waals surface area contributed by atoms with Gasteiger partial charge in [-0.25, -0.2) is 0 Å². The number of thiophene rings is 1. The number of hydrogen-bond donors (Lipinski definition) is 1. The highest BCUT2D eigenvalue weighted by Crippen LogP contribution is 2.14. The highest BCUT2D eigenvalue weighted by Gasteiger charge is 1.97. The normalized spacial score (nSPS) is 12.1. The SMILES string of the molecule is [2H]C(=Cc1cccs1)C(=O)Nc1ccc(Cl)cc1. The molecule has 86 valence electrons. The third-order valence-corrected chi connectivity index (χ3v) is 3.06. The summed E-state index contributed by atoms with van der Waals surface area (Å²) < 4.78 is 7.68. The molecule has 0 aliphatic rings. The Kier molecular flexibility index (Phi) is 3.52. The molecule has 1 amide bonds. The zero-order valence-corrected chi connectivity index (χ0v) is 10.4. The Bertz CT molecular complexity index is 563. The van der Waals surface area contributed by atoms with Crippen molar-refractivity contribution < 1.29 is 6.17 Å². The van der Waals surface area contributed by atoms with E-state index in [-0.39, 0.29) is 6.05 Å². The molecule has 0 unspecified atom stereocenters. The van der Waals surface area contributed by atoms with Crippen molar-refractivity contribution in [2.24, 2.45) is 0 Å². The van der Waals surface area contributed by atoms with Crippen LogP contribution in [-0.4, -0.2) is 5.91 Å². The minimum Gasteiger partial charge on any atom is -0.323 e. The second kappa shape index (κ2) is 5.66. The number of rotatable bonds is 3. The van der Waals surface area contributed by atoms with E-state index < -0.39 is 5.91 Å². The van der Waals surface area contributed by atoms with Gasteiger partial charge >= 0.3 is 0 Å². The Labute approximate surface area is 110 Å². The lowest BCUT2D eigenvalue weighted by atomic mass is 10.3. The molecule has 0 bridgehead atoms. The summed E-state index contributed by atoms with van der Waals surface area (Å²) in [4.78, 5) is 12.6. The average Bonchev–Trinajstić information content (AvgIpc) is 2.85. The van der Waals surface area contributed by atoms with E-state index >= 15 is 0 Å². The lowest BCUT2D eigenvalue weighted by Crippen LogP contribution is -2.07. The molecule has 0 spiro atoms. The van der Waals surface area contributed by atoms with E-state index in [0.29, 0.717) is 10.7 Å². The molecule has 1 heterocycles. The van der Waals surface area contributed by atoms with Gasteiger partial charge in [-0.1, -0.05) is 17.7 Å². The van der Waals surface area contributed by atoms with E-state index in [1.807, 2.05) is 17.5 Å². The van der Waals surface area contributed by atoms with E-state index in [9.17, 15) is 4.79 Å². The van der Waals surface area contributed by atoms with Gasteiger partial charge in [0.1, 0.15) is 0 Å². The van der Waals surface area contributed by atoms with Gasteiger partial charge in [0.25, 0.3) is 0 Å². The Morgan fingerprint density at radius 3 is 2.76 bits per heavy atom. The zero-order valence-electron chi connectivity index (χ0n) is 9.81. The third kappa shape index (κ3) is 3.73. The van der Waals surface area contributed by atoms with Crippen LogP contribution >= 0.6 is 22.9 Å². The minimum absolute atomic E-state index is 0.0765. The fraction of sp³-hybridized carbons (Fsp3) is 0. The van der Waals surface area contributed by atoms with E-state index in [1.54, 1.807) is 24.3 Å². The quantitative estimate of drug-likeness (QED) is 0.833. The van der Waals surface area contributed by atoms with Crippen molar-refractivity contribution in [1.82, 2.24) is 0 Å². The molecule has 17 heavy (non-hydrogen) atoms. The van der Waals surface area contributed by atoms with Crippen molar-refractivity contribution in [2.45, 2.75) is 0 Å². The van der Waals surface area contributed by atoms with Crippen LogP contribution in [0.5, 0.6) is 0 Å². The van der Waals surface area contributed by atoms with E-state index in [0.717, 1.165) is 4.88 Å². The summed E-state index contributed by atoms with van der Waals surface area (Å²) in [6.45, 7) is 0. The monoisotopic (exact) mass is 264 g/mol. The summed E-state index contributed by atoms with van der Waals surface area (Å²) in [7, 11) is 0. The first-order valence-corrected chi connectivity index (χ1v) is 6.19. The second-order valence-corrected chi connectivity index (χ2v) is 4.68. The molecule has 2 aromatic rings. The molecule has 0 saturated heterocycles. The molecular formula is C13H10ClNOS. The number of carbonyl (C=O) groups is 1. The van der Waals surface area contributed by atoms with Crippen molar-refractivity contribution in [1.29, 1.82) is 0 Å². The van der Waals surface area contributed by atoms with Gasteiger partial charge in [-0.15, -0.1) is 11.3 Å². The molecule has 0 atom stereocenters. The van der Waals surface area contributed by atoms with E-state index in [1.165, 1.54) is 17.4 Å². The summed E-state index contributed by atoms with van der Waals surface area (Å²) >= 11 is 7.23. The van der Waals surface area contributed by atoms with Crippen molar-refractivity contribution in [3.8, 4) is 0 Å². The first kappa shape index (κ1) is 10.6. The summed E-state index contributed by atoms with van der Waals surface area (Å²) in [6, 6.07) is 10.4. The van der Waals surface area contributed by atoms with Crippen LogP contribution in [0.2, 0.25) is 5.02 Å². The van der Waals surface area contributed by atoms with Crippen molar-refractivity contribution >= 4 is 40.6 Å². The number of amides is 1. The topological polar surface area (TPSA) is 29.1 Å². The predicted octanol–water partition coefficient (Wildman–Crippen LogP) is 4.05. The standard InChI is InChI=1S/C13H10ClNOS/c14-10-3-5-11(6-4-10)15-13(16)8-7-12-2-1-9-17-12/h1-9H,(H,15,16)/i8D. The van der Waals surface area contributed by atoms with Crippen LogP contribution in [0.4, 0.5) is 5.69 Å². The fourth-order valence-electron chi connectivity index (χ4n) is 1.21. The van der Waals surface area contributed by atoms with Crippen LogP contribution < -0.4 is 5.32 Å². The number of benzene rings is 1. The van der Waals surface area contributed by atoms with Gasteiger partial charge in [0.15, 0.2) is 0 Å².